The molecule has 1 unspecified atom stereocenters. The lowest BCUT2D eigenvalue weighted by Crippen LogP contribution is -2.40. The van der Waals surface area contributed by atoms with Gasteiger partial charge in [-0.2, -0.15) is 0 Å². The van der Waals surface area contributed by atoms with Gasteiger partial charge in [0.2, 0.25) is 5.91 Å². The van der Waals surface area contributed by atoms with Crippen molar-refractivity contribution in [1.82, 2.24) is 9.88 Å². The summed E-state index contributed by atoms with van der Waals surface area (Å²) in [6.07, 6.45) is 5.82. The van der Waals surface area contributed by atoms with Crippen LogP contribution in [0, 0.1) is 12.8 Å². The van der Waals surface area contributed by atoms with E-state index in [1.165, 1.54) is 19.3 Å². The quantitative estimate of drug-likeness (QED) is 0.838. The van der Waals surface area contributed by atoms with Crippen molar-refractivity contribution in [1.29, 1.82) is 0 Å². The first kappa shape index (κ1) is 14.0. The summed E-state index contributed by atoms with van der Waals surface area (Å²) in [7, 11) is 0. The van der Waals surface area contributed by atoms with Crippen LogP contribution < -0.4 is 0 Å². The Kier molecular flexibility index (Phi) is 4.36. The van der Waals surface area contributed by atoms with Crippen molar-refractivity contribution < 1.29 is 9.53 Å². The van der Waals surface area contributed by atoms with Crippen molar-refractivity contribution in [3.05, 3.63) is 16.1 Å². The fourth-order valence-corrected chi connectivity index (χ4v) is 3.64. The van der Waals surface area contributed by atoms with Gasteiger partial charge in [-0.3, -0.25) is 4.79 Å². The summed E-state index contributed by atoms with van der Waals surface area (Å²) in [5.74, 6) is 0.838. The van der Waals surface area contributed by atoms with Crippen LogP contribution in [0.3, 0.4) is 0 Å². The number of ether oxygens (including phenoxy) is 1. The predicted molar refractivity (Wildman–Crippen MR) is 78.7 cm³/mol. The molecule has 0 aromatic carbocycles. The van der Waals surface area contributed by atoms with Gasteiger partial charge in [0.15, 0.2) is 0 Å². The normalized spacial score (nSPS) is 23.1. The third-order valence-electron chi connectivity index (χ3n) is 4.02. The third-order valence-corrected chi connectivity index (χ3v) is 5.08. The zero-order valence-electron chi connectivity index (χ0n) is 12.0. The van der Waals surface area contributed by atoms with Gasteiger partial charge in [-0.15, -0.1) is 11.3 Å². The van der Waals surface area contributed by atoms with Crippen LogP contribution in [0.2, 0.25) is 0 Å². The number of aromatic nitrogens is 1. The van der Waals surface area contributed by atoms with Crippen LogP contribution in [-0.2, 0) is 9.53 Å². The van der Waals surface area contributed by atoms with Gasteiger partial charge in [-0.25, -0.2) is 4.98 Å². The molecule has 2 fully saturated rings. The molecule has 110 valence electrons. The molecule has 2 aliphatic rings. The average molecular weight is 294 g/mol. The first-order chi connectivity index (χ1) is 9.74. The van der Waals surface area contributed by atoms with Crippen LogP contribution in [0.15, 0.2) is 5.38 Å². The molecule has 1 amide bonds. The molecule has 0 bridgehead atoms. The maximum Gasteiger partial charge on any atom is 0.249 e. The number of hydrogen-bond donors (Lipinski definition) is 0. The molecule has 1 aliphatic carbocycles. The van der Waals surface area contributed by atoms with Gasteiger partial charge in [-0.1, -0.05) is 0 Å². The van der Waals surface area contributed by atoms with E-state index >= 15 is 0 Å². The number of amides is 1. The molecule has 3 rings (SSSR count). The Morgan fingerprint density at radius 1 is 1.45 bits per heavy atom. The van der Waals surface area contributed by atoms with Crippen molar-refractivity contribution in [3.63, 3.8) is 0 Å². The Labute approximate surface area is 124 Å². The van der Waals surface area contributed by atoms with Crippen molar-refractivity contribution >= 4 is 17.2 Å². The number of rotatable bonds is 5. The van der Waals surface area contributed by atoms with E-state index in [1.807, 2.05) is 11.8 Å². The minimum Gasteiger partial charge on any atom is -0.371 e. The molecule has 4 nitrogen and oxygen atoms in total. The van der Waals surface area contributed by atoms with Crippen LogP contribution in [-0.4, -0.2) is 35.5 Å². The fourth-order valence-electron chi connectivity index (χ4n) is 2.69. The maximum absolute atomic E-state index is 12.4. The number of hydrogen-bond acceptors (Lipinski definition) is 4. The summed E-state index contributed by atoms with van der Waals surface area (Å²) >= 11 is 1.67. The lowest BCUT2D eigenvalue weighted by molar-refractivity contribution is -0.140. The van der Waals surface area contributed by atoms with E-state index < -0.39 is 0 Å². The van der Waals surface area contributed by atoms with E-state index in [0.717, 1.165) is 36.7 Å². The largest absolute Gasteiger partial charge is 0.371 e. The molecule has 1 atom stereocenters. The summed E-state index contributed by atoms with van der Waals surface area (Å²) in [6.45, 7) is 3.83. The summed E-state index contributed by atoms with van der Waals surface area (Å²) in [4.78, 5) is 18.9. The SMILES string of the molecule is Cc1csc(C2CCCCN2C(=O)COCC2CC2)n1. The molecule has 1 aromatic rings. The second kappa shape index (κ2) is 6.22. The van der Waals surface area contributed by atoms with Crippen molar-refractivity contribution in [3.8, 4) is 0 Å². The Balaban J connectivity index is 1.60. The fraction of sp³-hybridized carbons (Fsp3) is 0.733. The third kappa shape index (κ3) is 3.38. The minimum absolute atomic E-state index is 0.128. The lowest BCUT2D eigenvalue weighted by atomic mass is 10.0. The number of thiazole rings is 1. The zero-order valence-corrected chi connectivity index (χ0v) is 12.8. The van der Waals surface area contributed by atoms with E-state index in [1.54, 1.807) is 11.3 Å². The Hall–Kier alpha value is -0.940. The smallest absolute Gasteiger partial charge is 0.249 e. The van der Waals surface area contributed by atoms with Gasteiger partial charge in [0.25, 0.3) is 0 Å². The summed E-state index contributed by atoms with van der Waals surface area (Å²) in [5.41, 5.74) is 1.05. The molecule has 1 aliphatic heterocycles. The van der Waals surface area contributed by atoms with Crippen LogP contribution >= 0.6 is 11.3 Å². The number of carbonyl (C=O) groups excluding carboxylic acids is 1. The maximum atomic E-state index is 12.4. The van der Waals surface area contributed by atoms with E-state index in [4.69, 9.17) is 4.74 Å². The molecule has 0 radical (unpaired) electrons. The summed E-state index contributed by atoms with van der Waals surface area (Å²) in [5, 5.41) is 3.15. The summed E-state index contributed by atoms with van der Waals surface area (Å²) < 4.78 is 5.55. The second-order valence-corrected chi connectivity index (χ2v) is 6.77. The number of aryl methyl sites for hydroxylation is 1. The topological polar surface area (TPSA) is 42.4 Å². The highest BCUT2D eigenvalue weighted by molar-refractivity contribution is 7.09. The average Bonchev–Trinajstić information content (AvgIpc) is 3.18. The van der Waals surface area contributed by atoms with Gasteiger partial charge >= 0.3 is 0 Å². The van der Waals surface area contributed by atoms with Crippen LogP contribution in [0.25, 0.3) is 0 Å². The minimum atomic E-state index is 0.128. The molecule has 1 saturated heterocycles. The molecular formula is C15H22N2O2S. The highest BCUT2D eigenvalue weighted by atomic mass is 32.1. The van der Waals surface area contributed by atoms with Gasteiger partial charge in [0, 0.05) is 17.6 Å². The van der Waals surface area contributed by atoms with Crippen LogP contribution in [0.1, 0.15) is 48.8 Å². The first-order valence-corrected chi connectivity index (χ1v) is 8.41. The van der Waals surface area contributed by atoms with E-state index in [9.17, 15) is 4.79 Å². The Morgan fingerprint density at radius 3 is 3.00 bits per heavy atom. The highest BCUT2D eigenvalue weighted by Crippen LogP contribution is 2.33. The second-order valence-electron chi connectivity index (χ2n) is 5.88. The molecular weight excluding hydrogens is 272 g/mol. The van der Waals surface area contributed by atoms with Crippen molar-refractivity contribution in [2.45, 2.75) is 45.1 Å². The number of likely N-dealkylation sites (tertiary alicyclic amines) is 1. The van der Waals surface area contributed by atoms with Gasteiger partial charge < -0.3 is 9.64 Å². The molecule has 1 saturated carbocycles. The van der Waals surface area contributed by atoms with Crippen molar-refractivity contribution in [2.24, 2.45) is 5.92 Å². The number of carbonyl (C=O) groups is 1. The van der Waals surface area contributed by atoms with Gasteiger partial charge in [-0.05, 0) is 44.9 Å². The summed E-state index contributed by atoms with van der Waals surface area (Å²) in [6, 6.07) is 0.166. The molecule has 0 spiro atoms. The van der Waals surface area contributed by atoms with Crippen molar-refractivity contribution in [2.75, 3.05) is 19.8 Å². The Bertz CT molecular complexity index is 470. The number of nitrogens with zero attached hydrogens (tertiary/aromatic N) is 2. The van der Waals surface area contributed by atoms with Gasteiger partial charge in [0.05, 0.1) is 12.6 Å². The van der Waals surface area contributed by atoms with E-state index in [0.29, 0.717) is 5.92 Å². The van der Waals surface area contributed by atoms with Crippen LogP contribution in [0.5, 0.6) is 0 Å². The highest BCUT2D eigenvalue weighted by Gasteiger charge is 2.30. The first-order valence-electron chi connectivity index (χ1n) is 7.53. The molecule has 1 aromatic heterocycles. The molecule has 2 heterocycles. The van der Waals surface area contributed by atoms with E-state index in [-0.39, 0.29) is 18.6 Å². The standard InChI is InChI=1S/C15H22N2O2S/c1-11-10-20-15(16-11)13-4-2-3-7-17(13)14(18)9-19-8-12-5-6-12/h10,12-13H,2-9H2,1H3. The molecule has 20 heavy (non-hydrogen) atoms. The number of piperidine rings is 1. The molecule has 0 N–H and O–H groups in total. The van der Waals surface area contributed by atoms with E-state index in [2.05, 4.69) is 10.4 Å². The Morgan fingerprint density at radius 2 is 2.30 bits per heavy atom. The monoisotopic (exact) mass is 294 g/mol. The zero-order chi connectivity index (χ0) is 13.9. The van der Waals surface area contributed by atoms with Crippen LogP contribution in [0.4, 0.5) is 0 Å². The lowest BCUT2D eigenvalue weighted by Gasteiger charge is -2.34. The molecule has 5 heteroatoms. The van der Waals surface area contributed by atoms with Gasteiger partial charge in [0.1, 0.15) is 11.6 Å². The predicted octanol–water partition coefficient (Wildman–Crippen LogP) is 2.93.